The van der Waals surface area contributed by atoms with Crippen LogP contribution in [0.5, 0.6) is 0 Å². The van der Waals surface area contributed by atoms with E-state index in [-0.39, 0.29) is 5.41 Å². The molecule has 4 aliphatic rings. The Hall–Kier alpha value is -1.87. The van der Waals surface area contributed by atoms with Crippen molar-refractivity contribution in [2.45, 2.75) is 25.9 Å². The van der Waals surface area contributed by atoms with Crippen molar-refractivity contribution in [1.29, 1.82) is 0 Å². The van der Waals surface area contributed by atoms with E-state index in [0.29, 0.717) is 6.42 Å². The summed E-state index contributed by atoms with van der Waals surface area (Å²) >= 11 is 0. The van der Waals surface area contributed by atoms with E-state index in [0.717, 1.165) is 29.2 Å². The Kier molecular flexibility index (Phi) is 2.07. The molecule has 0 aromatic carbocycles. The van der Waals surface area contributed by atoms with Crippen molar-refractivity contribution in [3.63, 3.8) is 0 Å². The van der Waals surface area contributed by atoms with Gasteiger partial charge in [-0.25, -0.2) is 0 Å². The molecule has 0 saturated carbocycles. The second kappa shape index (κ2) is 3.58. The predicted octanol–water partition coefficient (Wildman–Crippen LogP) is 2.78. The molecule has 19 heavy (non-hydrogen) atoms. The van der Waals surface area contributed by atoms with Gasteiger partial charge in [-0.2, -0.15) is 0 Å². The average Bonchev–Trinajstić information content (AvgIpc) is 2.66. The van der Waals surface area contributed by atoms with Crippen LogP contribution in [0.2, 0.25) is 0 Å². The fourth-order valence-electron chi connectivity index (χ4n) is 3.46. The van der Waals surface area contributed by atoms with Crippen molar-refractivity contribution < 1.29 is 9.84 Å². The van der Waals surface area contributed by atoms with Gasteiger partial charge in [0.1, 0.15) is 11.5 Å². The molecular formula is C16H15NO2. The van der Waals surface area contributed by atoms with Crippen LogP contribution in [0.4, 0.5) is 0 Å². The Morgan fingerprint density at radius 3 is 3.21 bits per heavy atom. The molecule has 0 amide bonds. The number of aliphatic hydroxyl groups excluding tert-OH is 1. The highest BCUT2D eigenvalue weighted by molar-refractivity contribution is 5.77. The predicted molar refractivity (Wildman–Crippen MR) is 73.3 cm³/mol. The largest absolute Gasteiger partial charge is 0.460 e. The van der Waals surface area contributed by atoms with Gasteiger partial charge in [0, 0.05) is 18.2 Å². The summed E-state index contributed by atoms with van der Waals surface area (Å²) in [5.74, 6) is 1.75. The highest BCUT2D eigenvalue weighted by Crippen LogP contribution is 2.59. The van der Waals surface area contributed by atoms with Gasteiger partial charge in [0.25, 0.3) is 0 Å². The van der Waals surface area contributed by atoms with Crippen LogP contribution < -0.4 is 0 Å². The van der Waals surface area contributed by atoms with E-state index < -0.39 is 6.10 Å². The summed E-state index contributed by atoms with van der Waals surface area (Å²) in [6, 6.07) is 0. The first-order valence-corrected chi connectivity index (χ1v) is 6.62. The lowest BCUT2D eigenvalue weighted by Gasteiger charge is -2.32. The number of hydrogen-bond acceptors (Lipinski definition) is 3. The number of aliphatic hydroxyl groups is 1. The van der Waals surface area contributed by atoms with Gasteiger partial charge in [-0.15, -0.1) is 0 Å². The van der Waals surface area contributed by atoms with E-state index >= 15 is 0 Å². The quantitative estimate of drug-likeness (QED) is 0.721. The summed E-state index contributed by atoms with van der Waals surface area (Å²) in [6.45, 7) is 2.13. The second-order valence-corrected chi connectivity index (χ2v) is 5.42. The Labute approximate surface area is 112 Å². The summed E-state index contributed by atoms with van der Waals surface area (Å²) in [6.07, 6.45) is 12.9. The summed E-state index contributed by atoms with van der Waals surface area (Å²) < 4.78 is 6.01. The van der Waals surface area contributed by atoms with Crippen molar-refractivity contribution in [3.8, 4) is 0 Å². The van der Waals surface area contributed by atoms with Gasteiger partial charge < -0.3 is 9.84 Å². The Balaban J connectivity index is 2.04. The van der Waals surface area contributed by atoms with Crippen LogP contribution in [0.15, 0.2) is 63.7 Å². The number of allylic oxidation sites excluding steroid dienone is 6. The molecule has 1 spiro atoms. The van der Waals surface area contributed by atoms with Crippen molar-refractivity contribution in [2.75, 3.05) is 0 Å². The molecule has 2 aliphatic carbocycles. The molecule has 4 rings (SSSR count). The minimum Gasteiger partial charge on any atom is -0.460 e. The van der Waals surface area contributed by atoms with E-state index in [4.69, 9.17) is 4.74 Å². The van der Waals surface area contributed by atoms with E-state index in [1.807, 2.05) is 24.4 Å². The first-order chi connectivity index (χ1) is 9.22. The molecule has 1 N–H and O–H groups in total. The SMILES string of the molecule is CC1=CC=NC2=C3C(=CC(O)C2)OC2=CC=CCC123. The zero-order valence-corrected chi connectivity index (χ0v) is 10.8. The van der Waals surface area contributed by atoms with E-state index in [9.17, 15) is 5.11 Å². The Morgan fingerprint density at radius 2 is 2.32 bits per heavy atom. The topological polar surface area (TPSA) is 41.8 Å². The molecular weight excluding hydrogens is 238 g/mol. The first kappa shape index (κ1) is 11.0. The van der Waals surface area contributed by atoms with Gasteiger partial charge in [0.2, 0.25) is 0 Å². The molecule has 2 aliphatic heterocycles. The highest BCUT2D eigenvalue weighted by atomic mass is 16.5. The van der Waals surface area contributed by atoms with Crippen molar-refractivity contribution in [1.82, 2.24) is 0 Å². The standard InChI is InChI=1S/C16H15NO2/c1-10-5-7-17-12-8-11(18)9-13-15(12)16(10)6-3-2-4-14(16)19-13/h2-5,7,9,11,18H,6,8H2,1H3. The molecule has 0 bridgehead atoms. The zero-order valence-electron chi connectivity index (χ0n) is 10.8. The van der Waals surface area contributed by atoms with Crippen LogP contribution in [0.1, 0.15) is 19.8 Å². The zero-order chi connectivity index (χ0) is 13.0. The number of aliphatic imine (C=N–C) groups is 1. The average molecular weight is 253 g/mol. The lowest BCUT2D eigenvalue weighted by Crippen LogP contribution is -2.26. The molecule has 1 saturated heterocycles. The first-order valence-electron chi connectivity index (χ1n) is 6.62. The maximum Gasteiger partial charge on any atom is 0.131 e. The van der Waals surface area contributed by atoms with Crippen molar-refractivity contribution in [3.05, 3.63) is 58.7 Å². The molecule has 0 aromatic heterocycles. The van der Waals surface area contributed by atoms with Crippen LogP contribution in [0, 0.1) is 5.41 Å². The molecule has 2 unspecified atom stereocenters. The minimum atomic E-state index is -0.505. The molecule has 96 valence electrons. The van der Waals surface area contributed by atoms with Crippen LogP contribution in [0.3, 0.4) is 0 Å². The van der Waals surface area contributed by atoms with Crippen molar-refractivity contribution in [2.24, 2.45) is 10.4 Å². The Bertz CT molecular complexity index is 646. The number of rotatable bonds is 0. The fraction of sp³-hybridized carbons (Fsp3) is 0.312. The van der Waals surface area contributed by atoms with Gasteiger partial charge in [0.15, 0.2) is 0 Å². The fourth-order valence-corrected chi connectivity index (χ4v) is 3.46. The molecule has 1 fully saturated rings. The van der Waals surface area contributed by atoms with Gasteiger partial charge in [-0.05, 0) is 31.6 Å². The normalized spacial score (nSPS) is 34.8. The summed E-state index contributed by atoms with van der Waals surface area (Å²) in [5, 5.41) is 9.94. The van der Waals surface area contributed by atoms with Crippen LogP contribution in [-0.4, -0.2) is 17.4 Å². The monoisotopic (exact) mass is 253 g/mol. The molecule has 3 nitrogen and oxygen atoms in total. The van der Waals surface area contributed by atoms with Gasteiger partial charge in [0.05, 0.1) is 17.2 Å². The highest BCUT2D eigenvalue weighted by Gasteiger charge is 2.52. The third-order valence-electron chi connectivity index (χ3n) is 4.38. The number of hydrogen-bond donors (Lipinski definition) is 1. The van der Waals surface area contributed by atoms with E-state index in [1.165, 1.54) is 5.57 Å². The smallest absolute Gasteiger partial charge is 0.131 e. The van der Waals surface area contributed by atoms with E-state index in [2.05, 4.69) is 24.1 Å². The lowest BCUT2D eigenvalue weighted by molar-refractivity contribution is 0.212. The number of nitrogens with zero attached hydrogens (tertiary/aromatic N) is 1. The van der Waals surface area contributed by atoms with Crippen LogP contribution in [0.25, 0.3) is 0 Å². The van der Waals surface area contributed by atoms with Gasteiger partial charge in [-0.1, -0.05) is 17.7 Å². The molecule has 3 heteroatoms. The number of ether oxygens (including phenoxy) is 1. The molecule has 2 heterocycles. The lowest BCUT2D eigenvalue weighted by atomic mass is 9.68. The summed E-state index contributed by atoms with van der Waals surface area (Å²) in [4.78, 5) is 4.52. The third-order valence-corrected chi connectivity index (χ3v) is 4.38. The Morgan fingerprint density at radius 1 is 1.42 bits per heavy atom. The molecule has 0 aromatic rings. The molecule has 0 radical (unpaired) electrons. The molecule has 2 atom stereocenters. The summed E-state index contributed by atoms with van der Waals surface area (Å²) in [5.41, 5.74) is 3.15. The summed E-state index contributed by atoms with van der Waals surface area (Å²) in [7, 11) is 0. The van der Waals surface area contributed by atoms with Crippen LogP contribution in [-0.2, 0) is 4.74 Å². The van der Waals surface area contributed by atoms with Gasteiger partial charge >= 0.3 is 0 Å². The van der Waals surface area contributed by atoms with Crippen molar-refractivity contribution >= 4 is 6.21 Å². The minimum absolute atomic E-state index is 0.202. The van der Waals surface area contributed by atoms with E-state index in [1.54, 1.807) is 0 Å². The van der Waals surface area contributed by atoms with Gasteiger partial charge in [-0.3, -0.25) is 4.99 Å². The maximum atomic E-state index is 9.94. The maximum absolute atomic E-state index is 9.94. The van der Waals surface area contributed by atoms with Crippen LogP contribution >= 0.6 is 0 Å². The second-order valence-electron chi connectivity index (χ2n) is 5.42. The third kappa shape index (κ3) is 1.28.